The summed E-state index contributed by atoms with van der Waals surface area (Å²) in [5, 5.41) is 7.38. The van der Waals surface area contributed by atoms with Crippen molar-refractivity contribution in [2.24, 2.45) is 5.92 Å². The van der Waals surface area contributed by atoms with E-state index in [2.05, 4.69) is 10.4 Å². The van der Waals surface area contributed by atoms with Crippen molar-refractivity contribution in [3.8, 4) is 0 Å². The zero-order valence-corrected chi connectivity index (χ0v) is 16.1. The summed E-state index contributed by atoms with van der Waals surface area (Å²) in [4.78, 5) is 27.0. The summed E-state index contributed by atoms with van der Waals surface area (Å²) in [6.07, 6.45) is 4.78. The second-order valence-corrected chi connectivity index (χ2v) is 7.51. The van der Waals surface area contributed by atoms with Crippen LogP contribution in [0, 0.1) is 5.92 Å². The van der Waals surface area contributed by atoms with Crippen molar-refractivity contribution >= 4 is 17.6 Å². The first-order valence-corrected chi connectivity index (χ1v) is 9.88. The molecule has 148 valence electrons. The van der Waals surface area contributed by atoms with Crippen LogP contribution in [0.25, 0.3) is 0 Å². The molecule has 1 aliphatic heterocycles. The molecular weight excluding hydrogens is 356 g/mol. The van der Waals surface area contributed by atoms with Crippen molar-refractivity contribution in [3.63, 3.8) is 0 Å². The van der Waals surface area contributed by atoms with Crippen LogP contribution in [-0.2, 0) is 14.3 Å². The van der Waals surface area contributed by atoms with Crippen molar-refractivity contribution in [1.29, 1.82) is 0 Å². The second-order valence-electron chi connectivity index (χ2n) is 7.51. The number of nitrogens with one attached hydrogen (secondary N) is 1. The number of carbonyl (C=O) groups excluding carboxylic acids is 2. The molecule has 4 rings (SSSR count). The van der Waals surface area contributed by atoms with E-state index in [9.17, 15) is 9.59 Å². The van der Waals surface area contributed by atoms with Gasteiger partial charge < -0.3 is 15.0 Å². The molecule has 7 heteroatoms. The van der Waals surface area contributed by atoms with Gasteiger partial charge in [0, 0.05) is 32.2 Å². The fourth-order valence-electron chi connectivity index (χ4n) is 3.84. The third-order valence-electron chi connectivity index (χ3n) is 5.55. The van der Waals surface area contributed by atoms with Gasteiger partial charge in [-0.15, -0.1) is 0 Å². The Labute approximate surface area is 164 Å². The Morgan fingerprint density at radius 3 is 2.46 bits per heavy atom. The van der Waals surface area contributed by atoms with Crippen LogP contribution in [0.1, 0.15) is 43.4 Å². The predicted octanol–water partition coefficient (Wildman–Crippen LogP) is 2.78. The number of carbonyl (C=O) groups is 2. The van der Waals surface area contributed by atoms with E-state index in [1.165, 1.54) is 7.11 Å². The highest BCUT2D eigenvalue weighted by molar-refractivity contribution is 5.94. The lowest BCUT2D eigenvalue weighted by Crippen LogP contribution is -2.40. The highest BCUT2D eigenvalue weighted by Crippen LogP contribution is 2.33. The minimum Gasteiger partial charge on any atom is -0.367 e. The maximum atomic E-state index is 12.8. The normalized spacial score (nSPS) is 18.7. The van der Waals surface area contributed by atoms with Gasteiger partial charge in [-0.1, -0.05) is 30.3 Å². The number of anilines is 1. The molecule has 1 N–H and O–H groups in total. The third kappa shape index (κ3) is 3.94. The summed E-state index contributed by atoms with van der Waals surface area (Å²) >= 11 is 0. The molecule has 2 heterocycles. The molecule has 1 aliphatic carbocycles. The number of ether oxygens (including phenoxy) is 1. The van der Waals surface area contributed by atoms with Crippen LogP contribution in [0.3, 0.4) is 0 Å². The summed E-state index contributed by atoms with van der Waals surface area (Å²) in [6, 6.07) is 11.4. The maximum absolute atomic E-state index is 12.8. The average Bonchev–Trinajstić information content (AvgIpc) is 3.48. The van der Waals surface area contributed by atoms with Gasteiger partial charge in [0.2, 0.25) is 5.91 Å². The molecule has 1 saturated heterocycles. The number of nitrogens with zero attached hydrogens (tertiary/aromatic N) is 3. The molecule has 2 fully saturated rings. The van der Waals surface area contributed by atoms with Crippen LogP contribution < -0.4 is 5.32 Å². The minimum absolute atomic E-state index is 0.172. The molecule has 28 heavy (non-hydrogen) atoms. The van der Waals surface area contributed by atoms with E-state index in [-0.39, 0.29) is 17.9 Å². The molecular formula is C21H26N4O3. The number of hydrogen-bond acceptors (Lipinski definition) is 4. The molecule has 2 aromatic rings. The van der Waals surface area contributed by atoms with Gasteiger partial charge in [-0.2, -0.15) is 5.10 Å². The molecule has 1 saturated carbocycles. The Morgan fingerprint density at radius 1 is 1.11 bits per heavy atom. The van der Waals surface area contributed by atoms with E-state index >= 15 is 0 Å². The molecule has 0 spiro atoms. The third-order valence-corrected chi connectivity index (χ3v) is 5.55. The fraction of sp³-hybridized carbons (Fsp3) is 0.476. The predicted molar refractivity (Wildman–Crippen MR) is 105 cm³/mol. The zero-order valence-electron chi connectivity index (χ0n) is 16.1. The Balaban J connectivity index is 1.40. The van der Waals surface area contributed by atoms with Gasteiger partial charge in [-0.05, 0) is 31.2 Å². The number of hydrogen-bond donors (Lipinski definition) is 1. The SMILES string of the molecule is COC(C(=O)Nc1ccnn1C1CCN(C(=O)C2CC2)CC1)c1ccccc1. The first kappa shape index (κ1) is 18.7. The molecule has 1 atom stereocenters. The van der Waals surface area contributed by atoms with Gasteiger partial charge in [0.05, 0.1) is 12.2 Å². The van der Waals surface area contributed by atoms with E-state index in [0.717, 1.165) is 44.3 Å². The van der Waals surface area contributed by atoms with E-state index in [0.29, 0.717) is 11.7 Å². The van der Waals surface area contributed by atoms with Crippen molar-refractivity contribution in [3.05, 3.63) is 48.2 Å². The average molecular weight is 382 g/mol. The standard InChI is InChI=1S/C21H26N4O3/c1-28-19(15-5-3-2-4-6-15)20(26)23-18-9-12-22-25(18)17-10-13-24(14-11-17)21(27)16-7-8-16/h2-6,9,12,16-17,19H,7-8,10-11,13-14H2,1H3,(H,23,26). The lowest BCUT2D eigenvalue weighted by Gasteiger charge is -2.33. The van der Waals surface area contributed by atoms with Gasteiger partial charge in [0.15, 0.2) is 6.10 Å². The van der Waals surface area contributed by atoms with Gasteiger partial charge >= 0.3 is 0 Å². The topological polar surface area (TPSA) is 76.5 Å². The minimum atomic E-state index is -0.678. The summed E-state index contributed by atoms with van der Waals surface area (Å²) in [5.41, 5.74) is 0.806. The maximum Gasteiger partial charge on any atom is 0.259 e. The van der Waals surface area contributed by atoms with E-state index in [4.69, 9.17) is 4.74 Å². The number of benzene rings is 1. The zero-order chi connectivity index (χ0) is 19.5. The highest BCUT2D eigenvalue weighted by atomic mass is 16.5. The smallest absolute Gasteiger partial charge is 0.259 e. The number of rotatable bonds is 6. The number of aromatic nitrogens is 2. The Morgan fingerprint density at radius 2 is 1.82 bits per heavy atom. The van der Waals surface area contributed by atoms with Crippen LogP contribution in [0.4, 0.5) is 5.82 Å². The van der Waals surface area contributed by atoms with Crippen LogP contribution in [0.5, 0.6) is 0 Å². The molecule has 0 bridgehead atoms. The summed E-state index contributed by atoms with van der Waals surface area (Å²) < 4.78 is 7.28. The first-order chi connectivity index (χ1) is 13.7. The largest absolute Gasteiger partial charge is 0.367 e. The van der Waals surface area contributed by atoms with Crippen molar-refractivity contribution in [2.75, 3.05) is 25.5 Å². The van der Waals surface area contributed by atoms with Crippen LogP contribution >= 0.6 is 0 Å². The molecule has 1 aromatic heterocycles. The highest BCUT2D eigenvalue weighted by Gasteiger charge is 2.35. The van der Waals surface area contributed by atoms with Crippen LogP contribution in [0.15, 0.2) is 42.6 Å². The lowest BCUT2D eigenvalue weighted by atomic mass is 10.0. The Kier molecular flexibility index (Phi) is 5.43. The molecule has 2 amide bonds. The second kappa shape index (κ2) is 8.14. The van der Waals surface area contributed by atoms with E-state index < -0.39 is 6.10 Å². The van der Waals surface area contributed by atoms with Crippen LogP contribution in [-0.4, -0.2) is 46.7 Å². The summed E-state index contributed by atoms with van der Waals surface area (Å²) in [6.45, 7) is 1.50. The van der Waals surface area contributed by atoms with Gasteiger partial charge in [-0.25, -0.2) is 4.68 Å². The number of methoxy groups -OCH3 is 1. The Hall–Kier alpha value is -2.67. The summed E-state index contributed by atoms with van der Waals surface area (Å²) in [5.74, 6) is 1.00. The van der Waals surface area contributed by atoms with Crippen molar-refractivity contribution < 1.29 is 14.3 Å². The van der Waals surface area contributed by atoms with Crippen molar-refractivity contribution in [2.45, 2.75) is 37.8 Å². The number of likely N-dealkylation sites (tertiary alicyclic amines) is 1. The van der Waals surface area contributed by atoms with E-state index in [1.807, 2.05) is 39.9 Å². The molecule has 2 aliphatic rings. The number of piperidine rings is 1. The van der Waals surface area contributed by atoms with Gasteiger partial charge in [0.25, 0.3) is 5.91 Å². The quantitative estimate of drug-likeness (QED) is 0.833. The van der Waals surface area contributed by atoms with Crippen molar-refractivity contribution in [1.82, 2.24) is 14.7 Å². The van der Waals surface area contributed by atoms with E-state index in [1.54, 1.807) is 12.3 Å². The monoisotopic (exact) mass is 382 g/mol. The molecule has 0 radical (unpaired) electrons. The molecule has 1 aromatic carbocycles. The first-order valence-electron chi connectivity index (χ1n) is 9.88. The van der Waals surface area contributed by atoms with Crippen LogP contribution in [0.2, 0.25) is 0 Å². The van der Waals surface area contributed by atoms with Gasteiger partial charge in [-0.3, -0.25) is 9.59 Å². The molecule has 1 unspecified atom stereocenters. The number of amides is 2. The van der Waals surface area contributed by atoms with Gasteiger partial charge in [0.1, 0.15) is 5.82 Å². The lowest BCUT2D eigenvalue weighted by molar-refractivity contribution is -0.133. The fourth-order valence-corrected chi connectivity index (χ4v) is 3.84. The Bertz CT molecular complexity index is 823. The summed E-state index contributed by atoms with van der Waals surface area (Å²) in [7, 11) is 1.53. The molecule has 7 nitrogen and oxygen atoms in total.